The summed E-state index contributed by atoms with van der Waals surface area (Å²) in [6, 6.07) is 20.0. The third-order valence-electron chi connectivity index (χ3n) is 4.50. The zero-order valence-electron chi connectivity index (χ0n) is 14.9. The molecular formula is C21H30NOP. The Morgan fingerprint density at radius 3 is 1.83 bits per heavy atom. The Morgan fingerprint density at radius 1 is 0.833 bits per heavy atom. The van der Waals surface area contributed by atoms with Gasteiger partial charge in [0, 0.05) is 16.7 Å². The van der Waals surface area contributed by atoms with Crippen LogP contribution in [0.15, 0.2) is 60.7 Å². The van der Waals surface area contributed by atoms with Gasteiger partial charge in [0.2, 0.25) is 7.29 Å². The second kappa shape index (κ2) is 9.81. The lowest BCUT2D eigenvalue weighted by Crippen LogP contribution is -2.34. The van der Waals surface area contributed by atoms with Gasteiger partial charge in [-0.2, -0.15) is 0 Å². The van der Waals surface area contributed by atoms with Gasteiger partial charge in [0.25, 0.3) is 0 Å². The molecule has 1 atom stereocenters. The van der Waals surface area contributed by atoms with Crippen LogP contribution in [0.25, 0.3) is 0 Å². The molecular weight excluding hydrogens is 313 g/mol. The molecule has 2 rings (SSSR count). The van der Waals surface area contributed by atoms with Gasteiger partial charge in [-0.15, -0.1) is 0 Å². The van der Waals surface area contributed by atoms with Crippen LogP contribution in [0.4, 0.5) is 0 Å². The minimum Gasteiger partial charge on any atom is -0.297 e. The molecule has 0 aliphatic carbocycles. The van der Waals surface area contributed by atoms with E-state index >= 15 is 0 Å². The van der Waals surface area contributed by atoms with E-state index in [1.54, 1.807) is 0 Å². The summed E-state index contributed by atoms with van der Waals surface area (Å²) in [5.74, 6) is 0. The van der Waals surface area contributed by atoms with Gasteiger partial charge in [-0.25, -0.2) is 0 Å². The van der Waals surface area contributed by atoms with E-state index in [4.69, 9.17) is 0 Å². The average molecular weight is 343 g/mol. The normalized spacial score (nSPS) is 12.9. The average Bonchev–Trinajstić information content (AvgIpc) is 2.65. The van der Waals surface area contributed by atoms with Crippen molar-refractivity contribution in [3.63, 3.8) is 0 Å². The van der Waals surface area contributed by atoms with Crippen LogP contribution in [-0.2, 0) is 4.57 Å². The fraction of sp³-hybridized carbons (Fsp3) is 0.429. The largest absolute Gasteiger partial charge is 0.297 e. The minimum absolute atomic E-state index is 0.285. The van der Waals surface area contributed by atoms with Crippen molar-refractivity contribution in [2.75, 3.05) is 0 Å². The van der Waals surface area contributed by atoms with Crippen molar-refractivity contribution in [2.45, 2.75) is 58.4 Å². The highest BCUT2D eigenvalue weighted by Crippen LogP contribution is 2.40. The van der Waals surface area contributed by atoms with Crippen LogP contribution in [0, 0.1) is 0 Å². The highest BCUT2D eigenvalue weighted by atomic mass is 31.2. The van der Waals surface area contributed by atoms with Gasteiger partial charge in [-0.05, 0) is 37.1 Å². The van der Waals surface area contributed by atoms with Crippen LogP contribution >= 0.6 is 7.29 Å². The first-order valence-electron chi connectivity index (χ1n) is 9.19. The predicted octanol–water partition coefficient (Wildman–Crippen LogP) is 5.25. The van der Waals surface area contributed by atoms with Crippen LogP contribution in [0.5, 0.6) is 0 Å². The lowest BCUT2D eigenvalue weighted by Gasteiger charge is -2.26. The van der Waals surface area contributed by atoms with Crippen molar-refractivity contribution in [2.24, 2.45) is 0 Å². The van der Waals surface area contributed by atoms with Gasteiger partial charge in [-0.3, -0.25) is 9.65 Å². The van der Waals surface area contributed by atoms with Crippen molar-refractivity contribution < 1.29 is 4.57 Å². The Kier molecular flexibility index (Phi) is 7.75. The van der Waals surface area contributed by atoms with E-state index in [1.807, 2.05) is 60.7 Å². The monoisotopic (exact) mass is 343 g/mol. The molecule has 3 heteroatoms. The molecule has 0 amide bonds. The van der Waals surface area contributed by atoms with Crippen LogP contribution < -0.4 is 15.7 Å². The van der Waals surface area contributed by atoms with Gasteiger partial charge >= 0.3 is 0 Å². The first-order valence-corrected chi connectivity index (χ1v) is 10.9. The number of hydrogen-bond donors (Lipinski definition) is 1. The molecule has 0 aromatic heterocycles. The molecule has 0 aliphatic rings. The molecule has 2 nitrogen and oxygen atoms in total. The van der Waals surface area contributed by atoms with Crippen molar-refractivity contribution in [1.29, 1.82) is 0 Å². The SMILES string of the molecule is CCCCCC[C@H](CC)NP(=O)(c1ccccc1)c1ccccc1. The molecule has 2 aromatic carbocycles. The summed E-state index contributed by atoms with van der Waals surface area (Å²) in [5, 5.41) is 5.33. The van der Waals surface area contributed by atoms with E-state index in [2.05, 4.69) is 18.9 Å². The first kappa shape index (κ1) is 19.0. The van der Waals surface area contributed by atoms with Gasteiger partial charge < -0.3 is 0 Å². The van der Waals surface area contributed by atoms with E-state index in [9.17, 15) is 4.57 Å². The third-order valence-corrected chi connectivity index (χ3v) is 7.28. The van der Waals surface area contributed by atoms with Crippen molar-refractivity contribution in [3.8, 4) is 0 Å². The molecule has 0 fully saturated rings. The van der Waals surface area contributed by atoms with Crippen LogP contribution in [-0.4, -0.2) is 6.04 Å². The molecule has 0 aliphatic heterocycles. The molecule has 0 unspecified atom stereocenters. The van der Waals surface area contributed by atoms with Gasteiger partial charge in [0.1, 0.15) is 0 Å². The molecule has 1 N–H and O–H groups in total. The highest BCUT2D eigenvalue weighted by Gasteiger charge is 2.29. The number of nitrogens with one attached hydrogen (secondary N) is 1. The van der Waals surface area contributed by atoms with Gasteiger partial charge in [-0.1, -0.05) is 75.9 Å². The van der Waals surface area contributed by atoms with Crippen molar-refractivity contribution in [1.82, 2.24) is 5.09 Å². The van der Waals surface area contributed by atoms with E-state index in [0.717, 1.165) is 23.5 Å². The van der Waals surface area contributed by atoms with Gasteiger partial charge in [0.15, 0.2) is 0 Å². The third kappa shape index (κ3) is 5.06. The fourth-order valence-corrected chi connectivity index (χ4v) is 5.61. The maximum atomic E-state index is 14.0. The predicted molar refractivity (Wildman–Crippen MR) is 106 cm³/mol. The molecule has 0 heterocycles. The molecule has 0 saturated carbocycles. The summed E-state index contributed by atoms with van der Waals surface area (Å²) in [5.41, 5.74) is 0. The van der Waals surface area contributed by atoms with Crippen LogP contribution in [0.2, 0.25) is 0 Å². The van der Waals surface area contributed by atoms with Crippen molar-refractivity contribution in [3.05, 3.63) is 60.7 Å². The standard InChI is InChI=1S/C21H30NOP/c1-3-5-6-9-14-19(4-2)22-24(23,20-15-10-7-11-16-20)21-17-12-8-13-18-21/h7-8,10-13,15-19H,3-6,9,14H2,1-2H3,(H,22,23)/t19-/m0/s1. The van der Waals surface area contributed by atoms with Gasteiger partial charge in [0.05, 0.1) is 0 Å². The zero-order valence-corrected chi connectivity index (χ0v) is 15.8. The Hall–Kier alpha value is -1.37. The summed E-state index contributed by atoms with van der Waals surface area (Å²) in [6.07, 6.45) is 7.07. The maximum absolute atomic E-state index is 14.0. The molecule has 0 bridgehead atoms. The number of benzene rings is 2. The fourth-order valence-electron chi connectivity index (χ4n) is 3.01. The van der Waals surface area contributed by atoms with E-state index in [0.29, 0.717) is 0 Å². The smallest absolute Gasteiger partial charge is 0.204 e. The summed E-state index contributed by atoms with van der Waals surface area (Å²) in [7, 11) is -2.80. The lowest BCUT2D eigenvalue weighted by molar-refractivity contribution is 0.495. The Balaban J connectivity index is 2.22. The Labute approximate surface area is 147 Å². The first-order chi connectivity index (χ1) is 11.7. The van der Waals surface area contributed by atoms with E-state index in [1.165, 1.54) is 25.7 Å². The maximum Gasteiger partial charge on any atom is 0.204 e. The van der Waals surface area contributed by atoms with E-state index < -0.39 is 7.29 Å². The molecule has 0 radical (unpaired) electrons. The molecule has 0 spiro atoms. The summed E-state index contributed by atoms with van der Waals surface area (Å²) in [6.45, 7) is 4.41. The van der Waals surface area contributed by atoms with Crippen molar-refractivity contribution >= 4 is 17.9 Å². The quantitative estimate of drug-likeness (QED) is 0.471. The molecule has 130 valence electrons. The summed E-state index contributed by atoms with van der Waals surface area (Å²) < 4.78 is 14.0. The second-order valence-corrected chi connectivity index (χ2v) is 8.87. The Bertz CT molecular complexity index is 583. The second-order valence-electron chi connectivity index (χ2n) is 6.36. The Morgan fingerprint density at radius 2 is 1.38 bits per heavy atom. The van der Waals surface area contributed by atoms with E-state index in [-0.39, 0.29) is 6.04 Å². The number of hydrogen-bond acceptors (Lipinski definition) is 1. The number of unbranched alkanes of at least 4 members (excludes halogenated alkanes) is 3. The summed E-state index contributed by atoms with van der Waals surface area (Å²) >= 11 is 0. The van der Waals surface area contributed by atoms with Crippen LogP contribution in [0.1, 0.15) is 52.4 Å². The zero-order chi connectivity index (χ0) is 17.3. The lowest BCUT2D eigenvalue weighted by atomic mass is 10.1. The highest BCUT2D eigenvalue weighted by molar-refractivity contribution is 7.76. The topological polar surface area (TPSA) is 29.1 Å². The molecule has 24 heavy (non-hydrogen) atoms. The molecule has 2 aromatic rings. The summed E-state index contributed by atoms with van der Waals surface area (Å²) in [4.78, 5) is 0. The molecule has 0 saturated heterocycles. The minimum atomic E-state index is -2.80. The van der Waals surface area contributed by atoms with Crippen LogP contribution in [0.3, 0.4) is 0 Å². The number of rotatable bonds is 10.